The third-order valence-corrected chi connectivity index (χ3v) is 3.11. The van der Waals surface area contributed by atoms with Gasteiger partial charge in [-0.2, -0.15) is 0 Å². The molecule has 0 radical (unpaired) electrons. The Balaban J connectivity index is 3.01. The molecule has 0 fully saturated rings. The van der Waals surface area contributed by atoms with Gasteiger partial charge in [-0.25, -0.2) is 0 Å². The summed E-state index contributed by atoms with van der Waals surface area (Å²) >= 11 is 1.70. The fourth-order valence-corrected chi connectivity index (χ4v) is 1.62. The van der Waals surface area contributed by atoms with Crippen molar-refractivity contribution in [1.82, 2.24) is 0 Å². The Morgan fingerprint density at radius 1 is 1.46 bits per heavy atom. The lowest BCUT2D eigenvalue weighted by atomic mass is 9.94. The summed E-state index contributed by atoms with van der Waals surface area (Å²) in [6, 6.07) is 8.07. The van der Waals surface area contributed by atoms with E-state index in [0.717, 1.165) is 12.0 Å². The van der Waals surface area contributed by atoms with Gasteiger partial charge in [0.05, 0.1) is 5.60 Å². The minimum Gasteiger partial charge on any atom is -0.385 e. The Morgan fingerprint density at radius 3 is 2.69 bits per heavy atom. The summed E-state index contributed by atoms with van der Waals surface area (Å²) in [6.45, 7) is 3.85. The highest BCUT2D eigenvalue weighted by Crippen LogP contribution is 2.27. The second-order valence-corrected chi connectivity index (χ2v) is 4.24. The smallest absolute Gasteiger partial charge is 0.0866 e. The van der Waals surface area contributed by atoms with Crippen molar-refractivity contribution in [2.75, 3.05) is 6.26 Å². The highest BCUT2D eigenvalue weighted by molar-refractivity contribution is 7.98. The molecule has 1 unspecified atom stereocenters. The van der Waals surface area contributed by atoms with E-state index in [2.05, 4.69) is 6.07 Å². The normalized spacial score (nSPS) is 15.4. The number of hydrogen-bond acceptors (Lipinski definition) is 2. The molecule has 1 aromatic rings. The second kappa shape index (κ2) is 4.16. The van der Waals surface area contributed by atoms with Crippen LogP contribution < -0.4 is 0 Å². The van der Waals surface area contributed by atoms with Crippen LogP contribution in [0.3, 0.4) is 0 Å². The SMILES string of the molecule is CCC(C)(O)c1cccc(SC)c1. The third-order valence-electron chi connectivity index (χ3n) is 2.38. The minimum absolute atomic E-state index is 0.689. The maximum atomic E-state index is 10.0. The van der Waals surface area contributed by atoms with Crippen molar-refractivity contribution in [2.45, 2.75) is 30.8 Å². The van der Waals surface area contributed by atoms with E-state index in [1.807, 2.05) is 38.3 Å². The van der Waals surface area contributed by atoms with Gasteiger partial charge in [0, 0.05) is 4.90 Å². The molecule has 0 saturated heterocycles. The first-order chi connectivity index (χ1) is 6.10. The maximum Gasteiger partial charge on any atom is 0.0866 e. The highest BCUT2D eigenvalue weighted by Gasteiger charge is 2.19. The molecule has 1 rings (SSSR count). The summed E-state index contributed by atoms with van der Waals surface area (Å²) in [5, 5.41) is 10.0. The van der Waals surface area contributed by atoms with Gasteiger partial charge in [-0.1, -0.05) is 19.1 Å². The molecule has 0 saturated carbocycles. The van der Waals surface area contributed by atoms with Crippen molar-refractivity contribution in [3.63, 3.8) is 0 Å². The summed E-state index contributed by atoms with van der Waals surface area (Å²) < 4.78 is 0. The standard InChI is InChI=1S/C11H16OS/c1-4-11(2,12)9-6-5-7-10(8-9)13-3/h5-8,12H,4H2,1-3H3. The van der Waals surface area contributed by atoms with E-state index >= 15 is 0 Å². The third kappa shape index (κ3) is 2.48. The Kier molecular flexibility index (Phi) is 3.40. The minimum atomic E-state index is -0.689. The van der Waals surface area contributed by atoms with Crippen LogP contribution in [0.15, 0.2) is 29.2 Å². The molecule has 13 heavy (non-hydrogen) atoms. The summed E-state index contributed by atoms with van der Waals surface area (Å²) in [7, 11) is 0. The lowest BCUT2D eigenvalue weighted by Crippen LogP contribution is -2.19. The Hall–Kier alpha value is -0.470. The van der Waals surface area contributed by atoms with Crippen LogP contribution in [-0.4, -0.2) is 11.4 Å². The number of thioether (sulfide) groups is 1. The molecule has 0 aliphatic carbocycles. The van der Waals surface area contributed by atoms with E-state index in [1.165, 1.54) is 4.90 Å². The molecule has 0 bridgehead atoms. The van der Waals surface area contributed by atoms with E-state index in [-0.39, 0.29) is 0 Å². The molecule has 1 aromatic carbocycles. The molecule has 0 aliphatic rings. The summed E-state index contributed by atoms with van der Waals surface area (Å²) in [5.41, 5.74) is 0.313. The molecular formula is C11H16OS. The Bertz CT molecular complexity index is 281. The fourth-order valence-electron chi connectivity index (χ4n) is 1.16. The van der Waals surface area contributed by atoms with Gasteiger partial charge in [-0.05, 0) is 37.3 Å². The number of benzene rings is 1. The van der Waals surface area contributed by atoms with Crippen molar-refractivity contribution in [3.05, 3.63) is 29.8 Å². The molecule has 0 amide bonds. The van der Waals surface area contributed by atoms with Gasteiger partial charge < -0.3 is 5.11 Å². The van der Waals surface area contributed by atoms with Crippen LogP contribution in [0, 0.1) is 0 Å². The first-order valence-electron chi connectivity index (χ1n) is 4.47. The Labute approximate surface area is 84.2 Å². The van der Waals surface area contributed by atoms with Crippen LogP contribution in [0.5, 0.6) is 0 Å². The first-order valence-corrected chi connectivity index (χ1v) is 5.69. The molecule has 0 heterocycles. The molecule has 1 nitrogen and oxygen atoms in total. The average molecular weight is 196 g/mol. The van der Waals surface area contributed by atoms with Crippen LogP contribution in [0.25, 0.3) is 0 Å². The molecule has 0 spiro atoms. The largest absolute Gasteiger partial charge is 0.385 e. The van der Waals surface area contributed by atoms with E-state index in [1.54, 1.807) is 11.8 Å². The second-order valence-electron chi connectivity index (χ2n) is 3.36. The summed E-state index contributed by atoms with van der Waals surface area (Å²) in [6.07, 6.45) is 2.78. The predicted molar refractivity (Wildman–Crippen MR) is 58.1 cm³/mol. The van der Waals surface area contributed by atoms with Gasteiger partial charge in [0.2, 0.25) is 0 Å². The van der Waals surface area contributed by atoms with Crippen LogP contribution in [0.4, 0.5) is 0 Å². The average Bonchev–Trinajstić information content (AvgIpc) is 2.18. The fraction of sp³-hybridized carbons (Fsp3) is 0.455. The van der Waals surface area contributed by atoms with Gasteiger partial charge in [0.25, 0.3) is 0 Å². The van der Waals surface area contributed by atoms with Gasteiger partial charge in [0.15, 0.2) is 0 Å². The van der Waals surface area contributed by atoms with Crippen molar-refractivity contribution >= 4 is 11.8 Å². The molecule has 0 aliphatic heterocycles. The Morgan fingerprint density at radius 2 is 2.15 bits per heavy atom. The lowest BCUT2D eigenvalue weighted by molar-refractivity contribution is 0.0529. The zero-order valence-corrected chi connectivity index (χ0v) is 9.19. The first kappa shape index (κ1) is 10.6. The maximum absolute atomic E-state index is 10.0. The molecule has 1 N–H and O–H groups in total. The van der Waals surface area contributed by atoms with Gasteiger partial charge in [-0.3, -0.25) is 0 Å². The lowest BCUT2D eigenvalue weighted by Gasteiger charge is -2.22. The van der Waals surface area contributed by atoms with E-state index < -0.39 is 5.60 Å². The van der Waals surface area contributed by atoms with E-state index in [9.17, 15) is 5.11 Å². The van der Waals surface area contributed by atoms with Crippen molar-refractivity contribution in [1.29, 1.82) is 0 Å². The quantitative estimate of drug-likeness (QED) is 0.750. The van der Waals surface area contributed by atoms with Crippen molar-refractivity contribution in [2.24, 2.45) is 0 Å². The number of aliphatic hydroxyl groups is 1. The van der Waals surface area contributed by atoms with Crippen LogP contribution >= 0.6 is 11.8 Å². The van der Waals surface area contributed by atoms with E-state index in [4.69, 9.17) is 0 Å². The number of hydrogen-bond donors (Lipinski definition) is 1. The van der Waals surface area contributed by atoms with Gasteiger partial charge >= 0.3 is 0 Å². The van der Waals surface area contributed by atoms with Crippen LogP contribution in [0.1, 0.15) is 25.8 Å². The van der Waals surface area contributed by atoms with Crippen LogP contribution in [0.2, 0.25) is 0 Å². The molecule has 1 atom stereocenters. The number of rotatable bonds is 3. The predicted octanol–water partition coefficient (Wildman–Crippen LogP) is 3.03. The zero-order chi connectivity index (χ0) is 9.90. The monoisotopic (exact) mass is 196 g/mol. The zero-order valence-electron chi connectivity index (χ0n) is 8.37. The molecule has 0 aromatic heterocycles. The molecular weight excluding hydrogens is 180 g/mol. The van der Waals surface area contributed by atoms with Crippen LogP contribution in [-0.2, 0) is 5.60 Å². The highest BCUT2D eigenvalue weighted by atomic mass is 32.2. The van der Waals surface area contributed by atoms with Crippen molar-refractivity contribution < 1.29 is 5.11 Å². The topological polar surface area (TPSA) is 20.2 Å². The molecule has 2 heteroatoms. The van der Waals surface area contributed by atoms with Crippen molar-refractivity contribution in [3.8, 4) is 0 Å². The van der Waals surface area contributed by atoms with Gasteiger partial charge in [-0.15, -0.1) is 11.8 Å². The van der Waals surface area contributed by atoms with Gasteiger partial charge in [0.1, 0.15) is 0 Å². The van der Waals surface area contributed by atoms with E-state index in [0.29, 0.717) is 0 Å². The molecule has 72 valence electrons. The summed E-state index contributed by atoms with van der Waals surface area (Å²) in [5.74, 6) is 0. The summed E-state index contributed by atoms with van der Waals surface area (Å²) in [4.78, 5) is 1.20.